The Morgan fingerprint density at radius 2 is 1.62 bits per heavy atom. The molecule has 2 fully saturated rings. The number of esters is 1. The largest absolute Gasteiger partial charge is 0.462 e. The molecule has 4 atom stereocenters. The van der Waals surface area contributed by atoms with E-state index >= 15 is 0 Å². The van der Waals surface area contributed by atoms with Crippen molar-refractivity contribution in [2.24, 2.45) is 28.1 Å². The summed E-state index contributed by atoms with van der Waals surface area (Å²) in [4.78, 5) is 13.0. The quantitative estimate of drug-likeness (QED) is 0.668. The van der Waals surface area contributed by atoms with Crippen LogP contribution in [0.1, 0.15) is 80.6 Å². The van der Waals surface area contributed by atoms with Crippen LogP contribution in [0.25, 0.3) is 0 Å². The molecule has 0 spiro atoms. The number of carbonyl (C=O) groups excluding carboxylic acids is 1. The molecule has 21 heavy (non-hydrogen) atoms. The Balaban J connectivity index is 2.11. The molecule has 2 bridgehead atoms. The predicted molar refractivity (Wildman–Crippen MR) is 87.0 cm³/mol. The van der Waals surface area contributed by atoms with Gasteiger partial charge in [-0.2, -0.15) is 0 Å². The number of fused-ring (bicyclic) bond motifs is 2. The first-order valence-electron chi connectivity index (χ1n) is 8.63. The van der Waals surface area contributed by atoms with E-state index in [-0.39, 0.29) is 22.9 Å². The van der Waals surface area contributed by atoms with E-state index < -0.39 is 5.41 Å². The van der Waals surface area contributed by atoms with E-state index in [4.69, 9.17) is 4.74 Å². The summed E-state index contributed by atoms with van der Waals surface area (Å²) in [5, 5.41) is 0. The fraction of sp³-hybridized carbons (Fsp3) is 0.947. The van der Waals surface area contributed by atoms with Crippen LogP contribution in [0.4, 0.5) is 0 Å². The van der Waals surface area contributed by atoms with Gasteiger partial charge in [0.05, 0.1) is 5.41 Å². The summed E-state index contributed by atoms with van der Waals surface area (Å²) < 4.78 is 6.04. The zero-order chi connectivity index (χ0) is 16.1. The molecule has 2 saturated carbocycles. The molecule has 2 nitrogen and oxygen atoms in total. The third-order valence-corrected chi connectivity index (χ3v) is 5.92. The first kappa shape index (κ1) is 16.8. The van der Waals surface area contributed by atoms with Crippen molar-refractivity contribution in [3.05, 3.63) is 0 Å². The van der Waals surface area contributed by atoms with Crippen molar-refractivity contribution in [1.82, 2.24) is 0 Å². The van der Waals surface area contributed by atoms with Gasteiger partial charge in [-0.05, 0) is 61.7 Å². The number of rotatable bonds is 3. The molecule has 2 aliphatic carbocycles. The van der Waals surface area contributed by atoms with Crippen LogP contribution in [0.2, 0.25) is 0 Å². The molecule has 4 unspecified atom stereocenters. The minimum atomic E-state index is -0.424. The van der Waals surface area contributed by atoms with Gasteiger partial charge in [0.1, 0.15) is 6.10 Å². The molecule has 0 aromatic rings. The molecular weight excluding hydrogens is 260 g/mol. The molecule has 0 aromatic heterocycles. The van der Waals surface area contributed by atoms with Crippen LogP contribution >= 0.6 is 0 Å². The molecular formula is C19H34O2. The van der Waals surface area contributed by atoms with Crippen molar-refractivity contribution in [1.29, 1.82) is 0 Å². The molecule has 2 heteroatoms. The minimum Gasteiger partial charge on any atom is -0.462 e. The number of hydrogen-bond donors (Lipinski definition) is 0. The van der Waals surface area contributed by atoms with Gasteiger partial charge >= 0.3 is 5.97 Å². The fourth-order valence-electron chi connectivity index (χ4n) is 4.30. The van der Waals surface area contributed by atoms with Gasteiger partial charge in [-0.25, -0.2) is 0 Å². The van der Waals surface area contributed by atoms with Crippen LogP contribution < -0.4 is 0 Å². The Labute approximate surface area is 131 Å². The van der Waals surface area contributed by atoms with Gasteiger partial charge in [0.25, 0.3) is 0 Å². The van der Waals surface area contributed by atoms with Gasteiger partial charge in [-0.15, -0.1) is 0 Å². The van der Waals surface area contributed by atoms with E-state index in [0.29, 0.717) is 5.92 Å². The summed E-state index contributed by atoms with van der Waals surface area (Å²) in [6.07, 6.45) is 6.04. The Morgan fingerprint density at radius 3 is 2.00 bits per heavy atom. The third-order valence-electron chi connectivity index (χ3n) is 5.92. The standard InChI is InChI=1S/C19H34O2/c1-17(2,3)12-19(7,18(4,5)6)16(20)21-15-11-13-8-9-14(15)10-13/h13-15H,8-12H2,1-7H3. The summed E-state index contributed by atoms with van der Waals surface area (Å²) in [6.45, 7) is 15.2. The van der Waals surface area contributed by atoms with E-state index in [1.807, 2.05) is 0 Å². The molecule has 0 saturated heterocycles. The Kier molecular flexibility index (Phi) is 4.23. The highest BCUT2D eigenvalue weighted by molar-refractivity contribution is 5.77. The lowest BCUT2D eigenvalue weighted by molar-refractivity contribution is -0.173. The third kappa shape index (κ3) is 3.46. The lowest BCUT2D eigenvalue weighted by Crippen LogP contribution is -2.46. The monoisotopic (exact) mass is 294 g/mol. The average Bonchev–Trinajstić information content (AvgIpc) is 2.86. The molecule has 0 aliphatic heterocycles. The summed E-state index contributed by atoms with van der Waals surface area (Å²) in [7, 11) is 0. The molecule has 0 aromatic carbocycles. The molecule has 2 aliphatic rings. The van der Waals surface area contributed by atoms with E-state index in [9.17, 15) is 4.79 Å². The lowest BCUT2D eigenvalue weighted by atomic mass is 9.61. The Bertz CT molecular complexity index is 399. The topological polar surface area (TPSA) is 26.3 Å². The molecule has 0 N–H and O–H groups in total. The number of hydrogen-bond acceptors (Lipinski definition) is 2. The number of ether oxygens (including phenoxy) is 1. The highest BCUT2D eigenvalue weighted by Gasteiger charge is 2.50. The van der Waals surface area contributed by atoms with Crippen LogP contribution in [0.3, 0.4) is 0 Å². The predicted octanol–water partition coefficient (Wildman–Crippen LogP) is 5.21. The fourth-order valence-corrected chi connectivity index (χ4v) is 4.30. The minimum absolute atomic E-state index is 0.0301. The van der Waals surface area contributed by atoms with Gasteiger partial charge in [-0.3, -0.25) is 4.79 Å². The van der Waals surface area contributed by atoms with Crippen molar-refractivity contribution in [3.63, 3.8) is 0 Å². The SMILES string of the molecule is CC(C)(C)CC(C)(C(=O)OC1CC2CCC1C2)C(C)(C)C. The van der Waals surface area contributed by atoms with Gasteiger partial charge in [0.2, 0.25) is 0 Å². The van der Waals surface area contributed by atoms with E-state index in [2.05, 4.69) is 48.5 Å². The van der Waals surface area contributed by atoms with E-state index in [1.54, 1.807) is 0 Å². The second kappa shape index (κ2) is 5.28. The van der Waals surface area contributed by atoms with E-state index in [0.717, 1.165) is 18.8 Å². The van der Waals surface area contributed by atoms with Crippen molar-refractivity contribution in [3.8, 4) is 0 Å². The van der Waals surface area contributed by atoms with Gasteiger partial charge in [0, 0.05) is 0 Å². The summed E-state index contributed by atoms with van der Waals surface area (Å²) in [5.41, 5.74) is -0.391. The van der Waals surface area contributed by atoms with Crippen LogP contribution in [-0.2, 0) is 9.53 Å². The van der Waals surface area contributed by atoms with Crippen LogP contribution in [0.5, 0.6) is 0 Å². The second-order valence-electron chi connectivity index (χ2n) is 9.94. The second-order valence-corrected chi connectivity index (χ2v) is 9.94. The first-order valence-corrected chi connectivity index (χ1v) is 8.63. The number of carbonyl (C=O) groups is 1. The first-order chi connectivity index (χ1) is 9.42. The van der Waals surface area contributed by atoms with Crippen molar-refractivity contribution >= 4 is 5.97 Å². The van der Waals surface area contributed by atoms with Crippen LogP contribution in [-0.4, -0.2) is 12.1 Å². The zero-order valence-electron chi connectivity index (χ0n) is 15.1. The Hall–Kier alpha value is -0.530. The van der Waals surface area contributed by atoms with Gasteiger partial charge < -0.3 is 4.74 Å². The van der Waals surface area contributed by atoms with E-state index in [1.165, 1.54) is 19.3 Å². The average molecular weight is 294 g/mol. The van der Waals surface area contributed by atoms with Crippen LogP contribution in [0, 0.1) is 28.1 Å². The maximum absolute atomic E-state index is 13.0. The lowest BCUT2D eigenvalue weighted by Gasteiger charge is -2.44. The Morgan fingerprint density at radius 1 is 1.00 bits per heavy atom. The zero-order valence-corrected chi connectivity index (χ0v) is 15.1. The van der Waals surface area contributed by atoms with Crippen LogP contribution in [0.15, 0.2) is 0 Å². The highest BCUT2D eigenvalue weighted by atomic mass is 16.5. The van der Waals surface area contributed by atoms with Gasteiger partial charge in [0.15, 0.2) is 0 Å². The maximum Gasteiger partial charge on any atom is 0.312 e. The van der Waals surface area contributed by atoms with Gasteiger partial charge in [-0.1, -0.05) is 41.5 Å². The molecule has 0 amide bonds. The smallest absolute Gasteiger partial charge is 0.312 e. The summed E-state index contributed by atoms with van der Waals surface area (Å²) in [5.74, 6) is 1.48. The maximum atomic E-state index is 13.0. The summed E-state index contributed by atoms with van der Waals surface area (Å²) >= 11 is 0. The summed E-state index contributed by atoms with van der Waals surface area (Å²) in [6, 6.07) is 0. The molecule has 0 radical (unpaired) electrons. The van der Waals surface area contributed by atoms with Crippen molar-refractivity contribution < 1.29 is 9.53 Å². The normalized spacial score (nSPS) is 32.0. The molecule has 0 heterocycles. The van der Waals surface area contributed by atoms with Crippen molar-refractivity contribution in [2.45, 2.75) is 86.7 Å². The highest BCUT2D eigenvalue weighted by Crippen LogP contribution is 2.50. The molecule has 2 rings (SSSR count). The van der Waals surface area contributed by atoms with Crippen molar-refractivity contribution in [2.75, 3.05) is 0 Å². The molecule has 122 valence electrons.